The molecular weight excluding hydrogens is 533 g/mol. The zero-order valence-corrected chi connectivity index (χ0v) is 21.5. The van der Waals surface area contributed by atoms with E-state index < -0.39 is 50.9 Å². The number of halogens is 3. The van der Waals surface area contributed by atoms with Gasteiger partial charge >= 0.3 is 12.1 Å². The highest BCUT2D eigenvalue weighted by atomic mass is 32.2. The minimum absolute atomic E-state index is 0.0232. The van der Waals surface area contributed by atoms with Crippen LogP contribution in [0.1, 0.15) is 29.7 Å². The number of carboxylic acid groups (broad SMARTS) is 1. The van der Waals surface area contributed by atoms with Crippen molar-refractivity contribution in [1.29, 1.82) is 0 Å². The Labute approximate surface area is 221 Å². The number of sulfonamides is 1. The van der Waals surface area contributed by atoms with Crippen LogP contribution in [0.25, 0.3) is 21.9 Å². The highest BCUT2D eigenvalue weighted by molar-refractivity contribution is 7.89. The van der Waals surface area contributed by atoms with Gasteiger partial charge in [-0.25, -0.2) is 13.2 Å². The fourth-order valence-corrected chi connectivity index (χ4v) is 7.03. The van der Waals surface area contributed by atoms with Gasteiger partial charge in [0.05, 0.1) is 5.56 Å². The van der Waals surface area contributed by atoms with Gasteiger partial charge in [-0.2, -0.15) is 17.5 Å². The van der Waals surface area contributed by atoms with Crippen molar-refractivity contribution in [2.24, 2.45) is 0 Å². The maximum Gasteiger partial charge on any atom is 0.416 e. The molecule has 7 nitrogen and oxygen atoms in total. The number of rotatable bonds is 5. The van der Waals surface area contributed by atoms with Gasteiger partial charge in [-0.1, -0.05) is 61.5 Å². The first-order valence-electron chi connectivity index (χ1n) is 12.1. The van der Waals surface area contributed by atoms with E-state index in [0.29, 0.717) is 4.57 Å². The van der Waals surface area contributed by atoms with E-state index in [1.807, 2.05) is 30.3 Å². The number of carboxylic acids is 1. The van der Waals surface area contributed by atoms with Crippen molar-refractivity contribution in [3.05, 3.63) is 99.8 Å². The van der Waals surface area contributed by atoms with Crippen LogP contribution in [-0.2, 0) is 27.4 Å². The lowest BCUT2D eigenvalue weighted by atomic mass is 9.93. The van der Waals surface area contributed by atoms with E-state index in [1.54, 1.807) is 12.1 Å². The predicted molar refractivity (Wildman–Crippen MR) is 139 cm³/mol. The van der Waals surface area contributed by atoms with Crippen molar-refractivity contribution >= 4 is 26.8 Å². The fraction of sp³-hybridized carbons (Fsp3) is 0.214. The first-order chi connectivity index (χ1) is 18.4. The Morgan fingerprint density at radius 1 is 1.00 bits per heavy atom. The van der Waals surface area contributed by atoms with Crippen molar-refractivity contribution in [2.45, 2.75) is 30.6 Å². The van der Waals surface area contributed by atoms with E-state index in [-0.39, 0.29) is 29.7 Å². The van der Waals surface area contributed by atoms with Crippen molar-refractivity contribution in [3.8, 4) is 11.1 Å². The SMILES string of the molecule is CCN1CC(C(=O)O)n2c(c(-c3cccc(C(F)(F)F)c3)c(Cc3cccc4ccccc34)cc2=O)S1(=O)=O. The molecule has 0 amide bonds. The topological polar surface area (TPSA) is 96.7 Å². The second kappa shape index (κ2) is 9.65. The standard InChI is InChI=1S/C28H23F3N2O5S/c1-2-32-16-23(27(35)36)33-24(34)15-20(13-18-9-5-8-17-7-3-4-12-22(17)18)25(26(33)39(32,37)38)19-10-6-11-21(14-19)28(29,30)31/h3-12,14-15,23H,2,13,16H2,1H3,(H,35,36). The Balaban J connectivity index is 1.88. The molecule has 0 radical (unpaired) electrons. The number of alkyl halides is 3. The number of aromatic nitrogens is 1. The third-order valence-corrected chi connectivity index (χ3v) is 8.92. The van der Waals surface area contributed by atoms with Gasteiger partial charge in [0.1, 0.15) is 6.04 Å². The molecule has 1 aliphatic rings. The van der Waals surface area contributed by atoms with Crippen molar-refractivity contribution in [2.75, 3.05) is 13.1 Å². The van der Waals surface area contributed by atoms with Crippen LogP contribution < -0.4 is 5.56 Å². The molecule has 4 aromatic rings. The Morgan fingerprint density at radius 2 is 1.69 bits per heavy atom. The van der Waals surface area contributed by atoms with Gasteiger partial charge in [0.2, 0.25) is 0 Å². The average Bonchev–Trinajstić information content (AvgIpc) is 2.88. The molecule has 11 heteroatoms. The van der Waals surface area contributed by atoms with E-state index in [2.05, 4.69) is 0 Å². The molecule has 0 saturated heterocycles. The number of hydrogen-bond acceptors (Lipinski definition) is 4. The molecule has 3 aromatic carbocycles. The molecule has 1 N–H and O–H groups in total. The van der Waals surface area contributed by atoms with Crippen LogP contribution in [0.3, 0.4) is 0 Å². The van der Waals surface area contributed by atoms with Crippen LogP contribution in [0.5, 0.6) is 0 Å². The number of benzene rings is 3. The molecular formula is C28H23F3N2O5S. The normalized spacial score (nSPS) is 17.2. The summed E-state index contributed by atoms with van der Waals surface area (Å²) < 4.78 is 70.3. The van der Waals surface area contributed by atoms with Crippen molar-refractivity contribution in [3.63, 3.8) is 0 Å². The summed E-state index contributed by atoms with van der Waals surface area (Å²) in [5, 5.41) is 11.0. The summed E-state index contributed by atoms with van der Waals surface area (Å²) in [4.78, 5) is 25.6. The molecule has 1 atom stereocenters. The van der Waals surface area contributed by atoms with E-state index in [0.717, 1.165) is 44.9 Å². The Hall–Kier alpha value is -3.96. The molecule has 0 saturated carbocycles. The van der Waals surface area contributed by atoms with Gasteiger partial charge < -0.3 is 5.11 Å². The second-order valence-corrected chi connectivity index (χ2v) is 11.1. The quantitative estimate of drug-likeness (QED) is 0.376. The lowest BCUT2D eigenvalue weighted by Crippen LogP contribution is -2.49. The third-order valence-electron chi connectivity index (χ3n) is 6.94. The third kappa shape index (κ3) is 4.61. The summed E-state index contributed by atoms with van der Waals surface area (Å²) in [6.45, 7) is 0.954. The second-order valence-electron chi connectivity index (χ2n) is 9.26. The van der Waals surface area contributed by atoms with Gasteiger partial charge in [-0.3, -0.25) is 9.36 Å². The zero-order valence-electron chi connectivity index (χ0n) is 20.6. The summed E-state index contributed by atoms with van der Waals surface area (Å²) >= 11 is 0. The van der Waals surface area contributed by atoms with Crippen LogP contribution in [0.2, 0.25) is 0 Å². The minimum atomic E-state index is -4.71. The van der Waals surface area contributed by atoms with Gasteiger partial charge in [-0.05, 0) is 46.0 Å². The van der Waals surface area contributed by atoms with Gasteiger partial charge in [0, 0.05) is 24.7 Å². The Morgan fingerprint density at radius 3 is 2.38 bits per heavy atom. The van der Waals surface area contributed by atoms with E-state index in [1.165, 1.54) is 13.0 Å². The summed E-state index contributed by atoms with van der Waals surface area (Å²) in [6.07, 6.45) is -4.69. The molecule has 2 heterocycles. The fourth-order valence-electron chi connectivity index (χ4n) is 5.13. The highest BCUT2D eigenvalue weighted by Crippen LogP contribution is 2.40. The number of carbonyl (C=O) groups is 1. The van der Waals surface area contributed by atoms with Crippen LogP contribution in [0.4, 0.5) is 13.2 Å². The number of aliphatic carboxylic acids is 1. The molecule has 0 aliphatic carbocycles. The monoisotopic (exact) mass is 556 g/mol. The summed E-state index contributed by atoms with van der Waals surface area (Å²) in [5.41, 5.74) is -1.18. The van der Waals surface area contributed by atoms with Crippen molar-refractivity contribution in [1.82, 2.24) is 8.87 Å². The van der Waals surface area contributed by atoms with Gasteiger partial charge in [0.25, 0.3) is 15.6 Å². The van der Waals surface area contributed by atoms with Crippen LogP contribution in [0, 0.1) is 0 Å². The smallest absolute Gasteiger partial charge is 0.416 e. The lowest BCUT2D eigenvalue weighted by molar-refractivity contribution is -0.141. The van der Waals surface area contributed by atoms with Crippen LogP contribution in [-0.4, -0.2) is 41.5 Å². The van der Waals surface area contributed by atoms with Crippen LogP contribution >= 0.6 is 0 Å². The summed E-state index contributed by atoms with van der Waals surface area (Å²) in [5.74, 6) is -1.43. The largest absolute Gasteiger partial charge is 0.480 e. The lowest BCUT2D eigenvalue weighted by Gasteiger charge is -2.34. The highest BCUT2D eigenvalue weighted by Gasteiger charge is 2.43. The van der Waals surface area contributed by atoms with Gasteiger partial charge in [-0.15, -0.1) is 0 Å². The molecule has 0 fully saturated rings. The maximum absolute atomic E-state index is 13.8. The minimum Gasteiger partial charge on any atom is -0.480 e. The number of pyridine rings is 1. The first-order valence-corrected chi connectivity index (χ1v) is 13.5. The number of hydrogen-bond donors (Lipinski definition) is 1. The Kier molecular flexibility index (Phi) is 6.59. The van der Waals surface area contributed by atoms with E-state index in [4.69, 9.17) is 0 Å². The average molecular weight is 557 g/mol. The summed E-state index contributed by atoms with van der Waals surface area (Å²) in [7, 11) is -4.45. The molecule has 5 rings (SSSR count). The molecule has 1 aromatic heterocycles. The first kappa shape index (κ1) is 26.6. The number of nitrogens with zero attached hydrogens (tertiary/aromatic N) is 2. The molecule has 1 aliphatic heterocycles. The predicted octanol–water partition coefficient (Wildman–Crippen LogP) is 4.93. The van der Waals surface area contributed by atoms with Crippen LogP contribution in [0.15, 0.2) is 82.6 Å². The maximum atomic E-state index is 13.8. The number of fused-ring (bicyclic) bond motifs is 2. The zero-order chi connectivity index (χ0) is 28.1. The molecule has 1 unspecified atom stereocenters. The van der Waals surface area contributed by atoms with E-state index in [9.17, 15) is 36.3 Å². The molecule has 0 spiro atoms. The van der Waals surface area contributed by atoms with Gasteiger partial charge in [0.15, 0.2) is 5.03 Å². The van der Waals surface area contributed by atoms with E-state index >= 15 is 0 Å². The Bertz CT molecular complexity index is 1780. The van der Waals surface area contributed by atoms with Crippen molar-refractivity contribution < 1.29 is 31.5 Å². The number of likely N-dealkylation sites (N-methyl/N-ethyl adjacent to an activating group) is 1. The summed E-state index contributed by atoms with van der Waals surface area (Å²) in [6, 6.07) is 16.6. The molecule has 202 valence electrons. The molecule has 0 bridgehead atoms. The molecule has 39 heavy (non-hydrogen) atoms.